The first-order valence-electron chi connectivity index (χ1n) is 17.3. The Bertz CT molecular complexity index is 1660. The van der Waals surface area contributed by atoms with Crippen molar-refractivity contribution in [1.29, 1.82) is 0 Å². The molecule has 0 aromatic heterocycles. The summed E-state index contributed by atoms with van der Waals surface area (Å²) < 4.78 is 11.9. The molecular weight excluding hydrogens is 628 g/mol. The molecule has 0 bridgehead atoms. The van der Waals surface area contributed by atoms with Crippen molar-refractivity contribution in [2.24, 2.45) is 11.8 Å². The van der Waals surface area contributed by atoms with E-state index in [1.54, 1.807) is 0 Å². The van der Waals surface area contributed by atoms with E-state index in [4.69, 9.17) is 9.47 Å². The lowest BCUT2D eigenvalue weighted by Gasteiger charge is -2.24. The predicted molar refractivity (Wildman–Crippen MR) is 193 cm³/mol. The number of rotatable bonds is 12. The van der Waals surface area contributed by atoms with Crippen molar-refractivity contribution in [3.05, 3.63) is 150 Å². The fraction of sp³-hybridized carbons (Fsp3) is 0.310. The first-order valence-corrected chi connectivity index (χ1v) is 17.3. The molecule has 0 saturated carbocycles. The van der Waals surface area contributed by atoms with Crippen LogP contribution in [-0.4, -0.2) is 42.1 Å². The fourth-order valence-electron chi connectivity index (χ4n) is 6.05. The number of hydrogen-bond acceptors (Lipinski definition) is 6. The van der Waals surface area contributed by atoms with Crippen molar-refractivity contribution in [2.45, 2.75) is 57.3 Å². The quantitative estimate of drug-likeness (QED) is 0.120. The summed E-state index contributed by atoms with van der Waals surface area (Å²) in [6, 6.07) is 36.3. The van der Waals surface area contributed by atoms with Crippen molar-refractivity contribution in [2.75, 3.05) is 13.2 Å². The van der Waals surface area contributed by atoms with E-state index in [-0.39, 0.29) is 43.3 Å². The van der Waals surface area contributed by atoms with Gasteiger partial charge in [0.1, 0.15) is 18.5 Å². The molecule has 5 rings (SSSR count). The SMILES string of the molecule is O=C(C[C@H]1CC=CCC[C@H](Cc2ccccc2)C(=O)O[C@H](c2ccccc2)CNC1=O)N[C@H](CO)Cc1ccc(OCc2ccccc2)cc1. The first kappa shape index (κ1) is 36.1. The molecule has 260 valence electrons. The van der Waals surface area contributed by atoms with Crippen molar-refractivity contribution in [3.8, 4) is 5.75 Å². The van der Waals surface area contributed by atoms with Gasteiger partial charge in [0, 0.05) is 6.42 Å². The molecule has 4 aromatic carbocycles. The molecule has 1 aliphatic rings. The monoisotopic (exact) mass is 674 g/mol. The van der Waals surface area contributed by atoms with E-state index in [2.05, 4.69) is 10.6 Å². The number of cyclic esters (lactones) is 1. The van der Waals surface area contributed by atoms with Crippen LogP contribution in [0.4, 0.5) is 0 Å². The molecule has 8 nitrogen and oxygen atoms in total. The van der Waals surface area contributed by atoms with Gasteiger partial charge in [-0.3, -0.25) is 14.4 Å². The topological polar surface area (TPSA) is 114 Å². The van der Waals surface area contributed by atoms with Gasteiger partial charge < -0.3 is 25.2 Å². The fourth-order valence-corrected chi connectivity index (χ4v) is 6.05. The minimum Gasteiger partial charge on any atom is -0.489 e. The highest BCUT2D eigenvalue weighted by Crippen LogP contribution is 2.24. The number of amides is 2. The Labute approximate surface area is 294 Å². The number of aliphatic hydroxyl groups excluding tert-OH is 1. The van der Waals surface area contributed by atoms with E-state index < -0.39 is 18.1 Å². The summed E-state index contributed by atoms with van der Waals surface area (Å²) in [4.78, 5) is 40.3. The number of benzene rings is 4. The molecule has 4 aromatic rings. The Kier molecular flexibility index (Phi) is 13.8. The average molecular weight is 675 g/mol. The largest absolute Gasteiger partial charge is 0.489 e. The summed E-state index contributed by atoms with van der Waals surface area (Å²) in [5, 5.41) is 16.0. The van der Waals surface area contributed by atoms with Gasteiger partial charge in [0.05, 0.1) is 31.0 Å². The van der Waals surface area contributed by atoms with Crippen LogP contribution >= 0.6 is 0 Å². The van der Waals surface area contributed by atoms with Crippen molar-refractivity contribution in [3.63, 3.8) is 0 Å². The molecule has 0 saturated heterocycles. The number of aliphatic hydroxyl groups is 1. The van der Waals surface area contributed by atoms with Gasteiger partial charge in [-0.25, -0.2) is 0 Å². The number of carbonyl (C=O) groups is 3. The molecule has 0 unspecified atom stereocenters. The summed E-state index contributed by atoms with van der Waals surface area (Å²) >= 11 is 0. The zero-order valence-electron chi connectivity index (χ0n) is 28.3. The number of carbonyl (C=O) groups excluding carboxylic acids is 3. The van der Waals surface area contributed by atoms with Crippen molar-refractivity contribution in [1.82, 2.24) is 10.6 Å². The van der Waals surface area contributed by atoms with Gasteiger partial charge in [-0.1, -0.05) is 115 Å². The molecule has 3 N–H and O–H groups in total. The average Bonchev–Trinajstić information content (AvgIpc) is 3.16. The highest BCUT2D eigenvalue weighted by atomic mass is 16.5. The lowest BCUT2D eigenvalue weighted by molar-refractivity contribution is -0.155. The van der Waals surface area contributed by atoms with E-state index in [0.29, 0.717) is 38.7 Å². The summed E-state index contributed by atoms with van der Waals surface area (Å²) in [5.74, 6) is -1.17. The van der Waals surface area contributed by atoms with E-state index in [1.165, 1.54) is 0 Å². The number of hydrogen-bond donors (Lipinski definition) is 3. The van der Waals surface area contributed by atoms with Gasteiger partial charge in [0.15, 0.2) is 0 Å². The Morgan fingerprint density at radius 2 is 1.48 bits per heavy atom. The molecule has 0 aliphatic carbocycles. The molecule has 8 heteroatoms. The Morgan fingerprint density at radius 1 is 0.820 bits per heavy atom. The van der Waals surface area contributed by atoms with Gasteiger partial charge in [0.25, 0.3) is 0 Å². The van der Waals surface area contributed by atoms with Gasteiger partial charge in [-0.2, -0.15) is 0 Å². The minimum atomic E-state index is -0.678. The molecule has 2 amide bonds. The standard InChI is InChI=1S/C42H46N2O6/c45-29-37(26-32-21-23-38(24-22-32)49-30-33-15-7-2-8-16-33)44-40(46)27-35-19-11-4-12-20-36(25-31-13-5-1-6-14-31)42(48)50-39(28-43-41(35)47)34-17-9-3-10-18-34/h1-11,13-18,21-24,35-37,39,45H,12,19-20,25-30H2,(H,43,47)(H,44,46)/t35-,36-,37+,39+/m1/s1. The highest BCUT2D eigenvalue weighted by molar-refractivity contribution is 5.86. The molecule has 0 fully saturated rings. The molecule has 1 aliphatic heterocycles. The molecular formula is C42H46N2O6. The van der Waals surface area contributed by atoms with Gasteiger partial charge in [-0.15, -0.1) is 0 Å². The maximum Gasteiger partial charge on any atom is 0.309 e. The Morgan fingerprint density at radius 3 is 2.16 bits per heavy atom. The van der Waals surface area contributed by atoms with E-state index in [1.807, 2.05) is 127 Å². The first-order chi connectivity index (χ1) is 24.5. The number of nitrogens with one attached hydrogen (secondary N) is 2. The number of ether oxygens (including phenoxy) is 2. The lowest BCUT2D eigenvalue weighted by Crippen LogP contribution is -2.42. The van der Waals surface area contributed by atoms with Crippen molar-refractivity contribution >= 4 is 17.8 Å². The maximum atomic E-state index is 13.5. The third-order valence-electron chi connectivity index (χ3n) is 8.86. The van der Waals surface area contributed by atoms with E-state index >= 15 is 0 Å². The second-order valence-electron chi connectivity index (χ2n) is 12.7. The third kappa shape index (κ3) is 11.4. The van der Waals surface area contributed by atoms with Crippen LogP contribution in [-0.2, 0) is 38.6 Å². The Balaban J connectivity index is 1.20. The summed E-state index contributed by atoms with van der Waals surface area (Å²) in [5.41, 5.74) is 3.85. The van der Waals surface area contributed by atoms with Crippen LogP contribution in [0.25, 0.3) is 0 Å². The minimum absolute atomic E-state index is 0.0502. The van der Waals surface area contributed by atoms with Crippen LogP contribution in [0.5, 0.6) is 5.75 Å². The second-order valence-corrected chi connectivity index (χ2v) is 12.7. The summed E-state index contributed by atoms with van der Waals surface area (Å²) in [6.45, 7) is 0.300. The number of allylic oxidation sites excluding steroid dienone is 2. The molecule has 4 atom stereocenters. The zero-order valence-corrected chi connectivity index (χ0v) is 28.3. The van der Waals surface area contributed by atoms with E-state index in [9.17, 15) is 19.5 Å². The second kappa shape index (κ2) is 19.1. The number of esters is 1. The predicted octanol–water partition coefficient (Wildman–Crippen LogP) is 6.29. The summed E-state index contributed by atoms with van der Waals surface area (Å²) in [7, 11) is 0. The van der Waals surface area contributed by atoms with Crippen LogP contribution in [0.15, 0.2) is 127 Å². The molecule has 0 spiro atoms. The van der Waals surface area contributed by atoms with E-state index in [0.717, 1.165) is 28.0 Å². The maximum absolute atomic E-state index is 13.5. The van der Waals surface area contributed by atoms with Crippen LogP contribution in [0.2, 0.25) is 0 Å². The third-order valence-corrected chi connectivity index (χ3v) is 8.86. The van der Waals surface area contributed by atoms with Gasteiger partial charge in [0.2, 0.25) is 11.8 Å². The van der Waals surface area contributed by atoms with Crippen LogP contribution in [0, 0.1) is 11.8 Å². The van der Waals surface area contributed by atoms with Crippen LogP contribution in [0.1, 0.15) is 54.0 Å². The zero-order chi connectivity index (χ0) is 35.0. The lowest BCUT2D eigenvalue weighted by atomic mass is 9.94. The highest BCUT2D eigenvalue weighted by Gasteiger charge is 2.28. The molecule has 50 heavy (non-hydrogen) atoms. The summed E-state index contributed by atoms with van der Waals surface area (Å²) in [6.07, 6.45) is 5.73. The van der Waals surface area contributed by atoms with Gasteiger partial charge in [-0.05, 0) is 66.5 Å². The molecule has 1 heterocycles. The smallest absolute Gasteiger partial charge is 0.309 e. The van der Waals surface area contributed by atoms with Crippen LogP contribution < -0.4 is 15.4 Å². The van der Waals surface area contributed by atoms with Gasteiger partial charge >= 0.3 is 5.97 Å². The Hall–Kier alpha value is -5.21. The molecule has 0 radical (unpaired) electrons. The van der Waals surface area contributed by atoms with Crippen LogP contribution in [0.3, 0.4) is 0 Å². The normalized spacial score (nSPS) is 19.1. The van der Waals surface area contributed by atoms with Crippen molar-refractivity contribution < 1.29 is 29.0 Å².